The molecule has 0 radical (unpaired) electrons. The molecule has 1 nitrogen and oxygen atoms in total. The molecule has 0 aliphatic heterocycles. The number of fused-ring (bicyclic) bond motifs is 1. The minimum Gasteiger partial charge on any atom is -0.486 e. The van der Waals surface area contributed by atoms with E-state index in [1.165, 1.54) is 11.4 Å². The molecule has 0 fully saturated rings. The topological polar surface area (TPSA) is 9.23 Å². The molecule has 0 N–H and O–H groups in total. The third-order valence-electron chi connectivity index (χ3n) is 2.02. The molecule has 1 heterocycles. The Morgan fingerprint density at radius 2 is 1.94 bits per heavy atom. The van der Waals surface area contributed by atoms with Gasteiger partial charge in [0.15, 0.2) is 17.4 Å². The smallest absolute Gasteiger partial charge is 0.204 e. The van der Waals surface area contributed by atoms with Crippen LogP contribution in [0, 0.1) is 17.5 Å². The van der Waals surface area contributed by atoms with E-state index >= 15 is 0 Å². The molecule has 0 saturated carbocycles. The number of benzene rings is 1. The second-order valence-electron chi connectivity index (χ2n) is 2.97. The maximum Gasteiger partial charge on any atom is 0.204 e. The van der Waals surface area contributed by atoms with Gasteiger partial charge in [0.05, 0.1) is 10.6 Å². The third kappa shape index (κ3) is 1.74. The Hall–Kier alpha value is -0.940. The van der Waals surface area contributed by atoms with Crippen molar-refractivity contribution in [3.63, 3.8) is 0 Å². The molecule has 2 rings (SSSR count). The molecule has 1 aromatic carbocycles. The summed E-state index contributed by atoms with van der Waals surface area (Å²) in [6.07, 6.45) is 0. The van der Waals surface area contributed by atoms with E-state index in [1.54, 1.807) is 0 Å². The maximum atomic E-state index is 13.7. The van der Waals surface area contributed by atoms with Crippen molar-refractivity contribution in [2.45, 2.75) is 0 Å². The Morgan fingerprint density at radius 3 is 2.62 bits per heavy atom. The highest BCUT2D eigenvalue weighted by atomic mass is 35.5. The summed E-state index contributed by atoms with van der Waals surface area (Å²) in [4.78, 5) is 0. The van der Waals surface area contributed by atoms with Gasteiger partial charge in [0, 0.05) is 5.39 Å². The minimum absolute atomic E-state index is 0.0449. The average Bonchev–Trinajstić information content (AvgIpc) is 2.75. The summed E-state index contributed by atoms with van der Waals surface area (Å²) in [5.41, 5.74) is 0. The quantitative estimate of drug-likeness (QED) is 0.604. The predicted molar refractivity (Wildman–Crippen MR) is 57.9 cm³/mol. The van der Waals surface area contributed by atoms with Crippen molar-refractivity contribution in [2.24, 2.45) is 0 Å². The minimum atomic E-state index is -1.31. The van der Waals surface area contributed by atoms with Crippen LogP contribution >= 0.6 is 22.9 Å². The largest absolute Gasteiger partial charge is 0.486 e. The molecule has 1 aromatic heterocycles. The Labute approximate surface area is 98.4 Å². The molecule has 0 saturated heterocycles. The summed E-state index contributed by atoms with van der Waals surface area (Å²) >= 11 is 6.32. The highest BCUT2D eigenvalue weighted by Gasteiger charge is 2.22. The summed E-state index contributed by atoms with van der Waals surface area (Å²) in [6.45, 7) is -0.0777. The molecule has 0 aliphatic carbocycles. The first kappa shape index (κ1) is 11.5. The molecule has 0 atom stereocenters. The van der Waals surface area contributed by atoms with E-state index in [0.717, 1.165) is 11.3 Å². The van der Waals surface area contributed by atoms with E-state index in [-0.39, 0.29) is 22.6 Å². The van der Waals surface area contributed by atoms with E-state index in [0.29, 0.717) is 0 Å². The van der Waals surface area contributed by atoms with Crippen molar-refractivity contribution in [3.05, 3.63) is 28.9 Å². The van der Waals surface area contributed by atoms with Gasteiger partial charge in [-0.15, -0.1) is 22.9 Å². The van der Waals surface area contributed by atoms with Gasteiger partial charge in [-0.2, -0.15) is 4.39 Å². The second kappa shape index (κ2) is 4.51. The Morgan fingerprint density at radius 1 is 1.19 bits per heavy atom. The number of rotatable bonds is 3. The molecular weight excluding hydrogens is 261 g/mol. The fourth-order valence-corrected chi connectivity index (χ4v) is 2.23. The van der Waals surface area contributed by atoms with E-state index in [1.807, 2.05) is 0 Å². The van der Waals surface area contributed by atoms with Crippen LogP contribution in [0.1, 0.15) is 0 Å². The number of thiophene rings is 1. The van der Waals surface area contributed by atoms with E-state index < -0.39 is 23.2 Å². The van der Waals surface area contributed by atoms with Crippen molar-refractivity contribution >= 4 is 33.0 Å². The first-order valence-corrected chi connectivity index (χ1v) is 5.80. The first-order chi connectivity index (χ1) is 7.66. The molecule has 0 aliphatic rings. The maximum absolute atomic E-state index is 13.7. The fraction of sp³-hybridized carbons (Fsp3) is 0.200. The highest BCUT2D eigenvalue weighted by molar-refractivity contribution is 7.17. The van der Waals surface area contributed by atoms with Crippen LogP contribution in [-0.4, -0.2) is 12.5 Å². The van der Waals surface area contributed by atoms with Crippen molar-refractivity contribution in [3.8, 4) is 5.75 Å². The van der Waals surface area contributed by atoms with Gasteiger partial charge in [-0.25, -0.2) is 8.78 Å². The fourth-order valence-electron chi connectivity index (χ4n) is 1.34. The molecule has 2 aromatic rings. The van der Waals surface area contributed by atoms with Gasteiger partial charge < -0.3 is 4.74 Å². The zero-order chi connectivity index (χ0) is 11.7. The van der Waals surface area contributed by atoms with Crippen LogP contribution in [0.5, 0.6) is 5.75 Å². The Balaban J connectivity index is 2.63. The molecule has 16 heavy (non-hydrogen) atoms. The van der Waals surface area contributed by atoms with Crippen LogP contribution in [-0.2, 0) is 0 Å². The molecule has 0 spiro atoms. The summed E-state index contributed by atoms with van der Waals surface area (Å²) in [5, 5.41) is 1.42. The molecular formula is C10H6ClF3OS. The molecule has 0 amide bonds. The number of ether oxygens (including phenoxy) is 1. The van der Waals surface area contributed by atoms with Crippen molar-refractivity contribution in [1.29, 1.82) is 0 Å². The average molecular weight is 267 g/mol. The van der Waals surface area contributed by atoms with Gasteiger partial charge in [-0.1, -0.05) is 0 Å². The molecule has 0 bridgehead atoms. The lowest BCUT2D eigenvalue weighted by atomic mass is 10.2. The SMILES string of the molecule is Fc1c(OCCCl)c(F)c2sccc2c1F. The first-order valence-electron chi connectivity index (χ1n) is 4.39. The van der Waals surface area contributed by atoms with Crippen LogP contribution < -0.4 is 4.74 Å². The second-order valence-corrected chi connectivity index (χ2v) is 4.27. The van der Waals surface area contributed by atoms with Gasteiger partial charge in [0.2, 0.25) is 5.82 Å². The Kier molecular flexibility index (Phi) is 3.25. The zero-order valence-corrected chi connectivity index (χ0v) is 9.47. The summed E-state index contributed by atoms with van der Waals surface area (Å²) in [7, 11) is 0. The molecule has 0 unspecified atom stereocenters. The van der Waals surface area contributed by atoms with Crippen LogP contribution in [0.3, 0.4) is 0 Å². The van der Waals surface area contributed by atoms with Gasteiger partial charge in [0.1, 0.15) is 6.61 Å². The van der Waals surface area contributed by atoms with Crippen molar-refractivity contribution < 1.29 is 17.9 Å². The van der Waals surface area contributed by atoms with Crippen molar-refractivity contribution in [2.75, 3.05) is 12.5 Å². The van der Waals surface area contributed by atoms with Crippen LogP contribution in [0.15, 0.2) is 11.4 Å². The van der Waals surface area contributed by atoms with Crippen LogP contribution in [0.25, 0.3) is 10.1 Å². The monoisotopic (exact) mass is 266 g/mol. The zero-order valence-electron chi connectivity index (χ0n) is 7.90. The Bertz CT molecular complexity index is 526. The lowest BCUT2D eigenvalue weighted by Crippen LogP contribution is -2.04. The lowest BCUT2D eigenvalue weighted by Gasteiger charge is -2.08. The van der Waals surface area contributed by atoms with E-state index in [4.69, 9.17) is 16.3 Å². The number of halogens is 4. The number of alkyl halides is 1. The standard InChI is InChI=1S/C10H6ClF3OS/c11-2-3-15-9-7(13)6(12)5-1-4-16-10(5)8(9)14/h1,4H,2-3H2. The van der Waals surface area contributed by atoms with Crippen molar-refractivity contribution in [1.82, 2.24) is 0 Å². The lowest BCUT2D eigenvalue weighted by molar-refractivity contribution is 0.300. The van der Waals surface area contributed by atoms with Crippen LogP contribution in [0.2, 0.25) is 0 Å². The predicted octanol–water partition coefficient (Wildman–Crippen LogP) is 3.94. The van der Waals surface area contributed by atoms with Gasteiger partial charge >= 0.3 is 0 Å². The molecule has 6 heteroatoms. The van der Waals surface area contributed by atoms with E-state index in [2.05, 4.69) is 0 Å². The third-order valence-corrected chi connectivity index (χ3v) is 3.08. The summed E-state index contributed by atoms with van der Waals surface area (Å²) in [6, 6.07) is 1.33. The van der Waals surface area contributed by atoms with Gasteiger partial charge in [0.25, 0.3) is 0 Å². The summed E-state index contributed by atoms with van der Waals surface area (Å²) in [5.74, 6) is -3.92. The summed E-state index contributed by atoms with van der Waals surface area (Å²) < 4.78 is 45.4. The number of hydrogen-bond acceptors (Lipinski definition) is 2. The molecule has 86 valence electrons. The highest BCUT2D eigenvalue weighted by Crippen LogP contribution is 2.35. The van der Waals surface area contributed by atoms with E-state index in [9.17, 15) is 13.2 Å². The van der Waals surface area contributed by atoms with Gasteiger partial charge in [-0.05, 0) is 11.4 Å². The van der Waals surface area contributed by atoms with Gasteiger partial charge in [-0.3, -0.25) is 0 Å². The number of hydrogen-bond donors (Lipinski definition) is 0. The normalized spacial score (nSPS) is 11.0. The van der Waals surface area contributed by atoms with Crippen LogP contribution in [0.4, 0.5) is 13.2 Å².